The summed E-state index contributed by atoms with van der Waals surface area (Å²) in [6, 6.07) is 0. The predicted octanol–water partition coefficient (Wildman–Crippen LogP) is 0.0669. The van der Waals surface area contributed by atoms with E-state index in [1.165, 1.54) is 5.57 Å². The molecule has 11 nitrogen and oxygen atoms in total. The summed E-state index contributed by atoms with van der Waals surface area (Å²) in [4.78, 5) is 0. The van der Waals surface area contributed by atoms with Crippen LogP contribution >= 0.6 is 0 Å². The second-order valence-corrected chi connectivity index (χ2v) is 12.6. The Bertz CT molecular complexity index is 744. The lowest BCUT2D eigenvalue weighted by Crippen LogP contribution is -2.59. The Morgan fingerprint density at radius 3 is 1.75 bits per heavy atom. The molecule has 1 saturated carbocycles. The van der Waals surface area contributed by atoms with Crippen LogP contribution in [-0.4, -0.2) is 119 Å². The molecule has 1 saturated heterocycles. The van der Waals surface area contributed by atoms with E-state index >= 15 is 0 Å². The van der Waals surface area contributed by atoms with Crippen LogP contribution in [0.1, 0.15) is 74.7 Å². The molecule has 0 aromatic heterocycles. The van der Waals surface area contributed by atoms with Gasteiger partial charge >= 0.3 is 0 Å². The van der Waals surface area contributed by atoms with Crippen LogP contribution in [0.25, 0.3) is 0 Å². The molecule has 40 heavy (non-hydrogen) atoms. The molecule has 2 aliphatic carbocycles. The summed E-state index contributed by atoms with van der Waals surface area (Å²) in [5.74, 6) is 0.359. The van der Waals surface area contributed by atoms with Crippen molar-refractivity contribution in [3.63, 3.8) is 0 Å². The van der Waals surface area contributed by atoms with Gasteiger partial charge in [0.05, 0.1) is 42.7 Å². The van der Waals surface area contributed by atoms with Gasteiger partial charge in [-0.2, -0.15) is 0 Å². The summed E-state index contributed by atoms with van der Waals surface area (Å²) in [5.41, 5.74) is 0.277. The van der Waals surface area contributed by atoms with Gasteiger partial charge in [-0.15, -0.1) is 0 Å². The van der Waals surface area contributed by atoms with Gasteiger partial charge in [0.2, 0.25) is 0 Å². The topological polar surface area (TPSA) is 201 Å². The fraction of sp³-hybridized carbons (Fsp3) is 0.931. The van der Waals surface area contributed by atoms with E-state index in [0.717, 1.165) is 6.42 Å². The molecule has 0 bridgehead atoms. The molecule has 9 N–H and O–H groups in total. The van der Waals surface area contributed by atoms with Crippen LogP contribution in [0, 0.1) is 23.7 Å². The molecular formula is C29H56O11. The second kappa shape index (κ2) is 16.2. The van der Waals surface area contributed by atoms with Gasteiger partial charge < -0.3 is 55.4 Å². The highest BCUT2D eigenvalue weighted by Crippen LogP contribution is 2.37. The summed E-state index contributed by atoms with van der Waals surface area (Å²) in [7, 11) is 0. The average Bonchev–Trinajstić information content (AvgIpc) is 2.86. The molecule has 238 valence electrons. The zero-order chi connectivity index (χ0) is 31.1. The number of hydrogen-bond donors (Lipinski definition) is 9. The highest BCUT2D eigenvalue weighted by molar-refractivity contribution is 5.14. The fourth-order valence-electron chi connectivity index (χ4n) is 4.88. The highest BCUT2D eigenvalue weighted by Gasteiger charge is 2.45. The first-order chi connectivity index (χ1) is 18.4. The minimum absolute atomic E-state index is 0.0208. The molecule has 0 amide bonds. The summed E-state index contributed by atoms with van der Waals surface area (Å²) in [6.07, 6.45) is -4.80. The van der Waals surface area contributed by atoms with Gasteiger partial charge in [-0.25, -0.2) is 0 Å². The van der Waals surface area contributed by atoms with Crippen molar-refractivity contribution in [3.05, 3.63) is 11.6 Å². The third-order valence-corrected chi connectivity index (χ3v) is 8.39. The van der Waals surface area contributed by atoms with E-state index in [0.29, 0.717) is 18.8 Å². The summed E-state index contributed by atoms with van der Waals surface area (Å²) in [6.45, 7) is 14.7. The molecule has 0 aromatic rings. The quantitative estimate of drug-likeness (QED) is 0.199. The standard InChI is InChI=1S/C10H20O3.C10H18O2.C9H18O6/c1-6(2)10(13)4-8(11)7(3)9(12)5-10;1-6(2)8-4-9(11)7(3)10(12)5-8;1-4(2)14-9-8(13)7(12)6(11)5(3-10)15-9/h6-9,11-13H,4-5H2,1-3H3;4,6-7,9-12H,5H2,1-3H3;4-13H,3H2,1-2H3/t7?,8-,9-,10?;7-,9-,10-;5-,6-,7+,8+,9+/m110/s1. The summed E-state index contributed by atoms with van der Waals surface area (Å²) < 4.78 is 10.3. The SMILES string of the molecule is CC(C)C1=C[C@@H](O)[C@@H](C)[C@H](O)C1.CC(C)O[C@@H]1O[C@@H](CO)[C@H](O)[C@@H](O)[C@H]1O.CC1[C@H](O)CC(O)(C(C)C)C[C@H]1O. The van der Waals surface area contributed by atoms with Gasteiger partial charge in [-0.05, 0) is 32.1 Å². The molecule has 0 spiro atoms. The largest absolute Gasteiger partial charge is 0.394 e. The normalized spacial score (nSPS) is 42.1. The van der Waals surface area contributed by atoms with Crippen LogP contribution in [0.5, 0.6) is 0 Å². The van der Waals surface area contributed by atoms with Gasteiger partial charge in [0.15, 0.2) is 6.29 Å². The average molecular weight is 581 g/mol. The molecule has 3 aliphatic rings. The van der Waals surface area contributed by atoms with E-state index in [1.807, 2.05) is 33.8 Å². The van der Waals surface area contributed by atoms with Crippen LogP contribution in [0.4, 0.5) is 0 Å². The Balaban J connectivity index is 0.000000302. The molecule has 1 heterocycles. The first-order valence-corrected chi connectivity index (χ1v) is 14.5. The summed E-state index contributed by atoms with van der Waals surface area (Å²) >= 11 is 0. The van der Waals surface area contributed by atoms with Crippen LogP contribution < -0.4 is 0 Å². The number of hydrogen-bond acceptors (Lipinski definition) is 11. The minimum atomic E-state index is -1.38. The van der Waals surface area contributed by atoms with Gasteiger partial charge in [0.25, 0.3) is 0 Å². The highest BCUT2D eigenvalue weighted by atomic mass is 16.7. The molecule has 3 rings (SSSR count). The smallest absolute Gasteiger partial charge is 0.186 e. The monoisotopic (exact) mass is 580 g/mol. The number of aliphatic hydroxyl groups excluding tert-OH is 8. The van der Waals surface area contributed by atoms with Crippen LogP contribution in [-0.2, 0) is 9.47 Å². The van der Waals surface area contributed by atoms with Crippen molar-refractivity contribution in [1.29, 1.82) is 0 Å². The maximum atomic E-state index is 10.1. The number of aliphatic hydroxyl groups is 9. The molecule has 0 unspecified atom stereocenters. The molecular weight excluding hydrogens is 524 g/mol. The van der Waals surface area contributed by atoms with Gasteiger partial charge in [0.1, 0.15) is 24.4 Å². The molecule has 1 aliphatic heterocycles. The van der Waals surface area contributed by atoms with Crippen molar-refractivity contribution < 1.29 is 55.4 Å². The van der Waals surface area contributed by atoms with Crippen molar-refractivity contribution in [1.82, 2.24) is 0 Å². The molecule has 2 fully saturated rings. The van der Waals surface area contributed by atoms with Gasteiger partial charge in [-0.3, -0.25) is 0 Å². The third-order valence-electron chi connectivity index (χ3n) is 8.39. The van der Waals surface area contributed by atoms with Crippen molar-refractivity contribution in [2.75, 3.05) is 6.61 Å². The van der Waals surface area contributed by atoms with E-state index in [1.54, 1.807) is 13.8 Å². The van der Waals surface area contributed by atoms with Crippen LogP contribution in [0.2, 0.25) is 0 Å². The first-order valence-electron chi connectivity index (χ1n) is 14.5. The zero-order valence-corrected chi connectivity index (χ0v) is 25.3. The van der Waals surface area contributed by atoms with E-state index < -0.39 is 61.2 Å². The molecule has 0 radical (unpaired) electrons. The maximum absolute atomic E-state index is 10.1. The lowest BCUT2D eigenvalue weighted by Gasteiger charge is -2.43. The van der Waals surface area contributed by atoms with Crippen molar-refractivity contribution in [3.8, 4) is 0 Å². The number of ether oxygens (including phenoxy) is 2. The second-order valence-electron chi connectivity index (χ2n) is 12.6. The Labute approximate surface area is 239 Å². The number of rotatable bonds is 5. The Morgan fingerprint density at radius 1 is 0.825 bits per heavy atom. The lowest BCUT2D eigenvalue weighted by molar-refractivity contribution is -0.308. The van der Waals surface area contributed by atoms with Gasteiger partial charge in [0, 0.05) is 24.7 Å². The van der Waals surface area contributed by atoms with Gasteiger partial charge in [-0.1, -0.05) is 53.2 Å². The molecule has 11 heteroatoms. The van der Waals surface area contributed by atoms with E-state index in [9.17, 15) is 40.9 Å². The Morgan fingerprint density at radius 2 is 1.35 bits per heavy atom. The Kier molecular flexibility index (Phi) is 15.1. The van der Waals surface area contributed by atoms with Crippen LogP contribution in [0.15, 0.2) is 11.6 Å². The maximum Gasteiger partial charge on any atom is 0.186 e. The van der Waals surface area contributed by atoms with Crippen molar-refractivity contribution >= 4 is 0 Å². The zero-order valence-electron chi connectivity index (χ0n) is 25.3. The van der Waals surface area contributed by atoms with Crippen molar-refractivity contribution in [2.24, 2.45) is 23.7 Å². The van der Waals surface area contributed by atoms with E-state index in [4.69, 9.17) is 14.6 Å². The molecule has 0 aromatic carbocycles. The minimum Gasteiger partial charge on any atom is -0.394 e. The third kappa shape index (κ3) is 10.2. The van der Waals surface area contributed by atoms with Crippen molar-refractivity contribution in [2.45, 2.75) is 141 Å². The Hall–Kier alpha value is -0.700. The summed E-state index contributed by atoms with van der Waals surface area (Å²) in [5, 5.41) is 85.7. The van der Waals surface area contributed by atoms with E-state index in [-0.39, 0.29) is 30.0 Å². The van der Waals surface area contributed by atoms with E-state index in [2.05, 4.69) is 13.8 Å². The fourth-order valence-corrected chi connectivity index (χ4v) is 4.88. The van der Waals surface area contributed by atoms with Crippen LogP contribution in [0.3, 0.4) is 0 Å². The molecule has 10 atom stereocenters. The first kappa shape index (κ1) is 37.3. The predicted molar refractivity (Wildman–Crippen MR) is 149 cm³/mol. The lowest BCUT2D eigenvalue weighted by atomic mass is 9.71.